The predicted molar refractivity (Wildman–Crippen MR) is 125 cm³/mol. The first kappa shape index (κ1) is 24.3. The van der Waals surface area contributed by atoms with Gasteiger partial charge in [-0.3, -0.25) is 4.79 Å². The van der Waals surface area contributed by atoms with Gasteiger partial charge < -0.3 is 19.7 Å². The molecule has 2 aliphatic carbocycles. The molecule has 1 heterocycles. The summed E-state index contributed by atoms with van der Waals surface area (Å²) >= 11 is 4.24. The molecule has 0 aromatic rings. The normalized spacial score (nSPS) is 37.1. The van der Waals surface area contributed by atoms with E-state index in [0.29, 0.717) is 31.1 Å². The Morgan fingerprint density at radius 2 is 1.96 bits per heavy atom. The summed E-state index contributed by atoms with van der Waals surface area (Å²) in [6.45, 7) is 3.81. The first-order valence-electron chi connectivity index (χ1n) is 9.92. The number of aliphatic hydroxyl groups is 2. The fourth-order valence-electron chi connectivity index (χ4n) is 5.06. The van der Waals surface area contributed by atoms with Gasteiger partial charge in [-0.1, -0.05) is 25.2 Å². The minimum absolute atomic E-state index is 0.0904. The Morgan fingerprint density at radius 3 is 2.61 bits per heavy atom. The summed E-state index contributed by atoms with van der Waals surface area (Å²) in [7, 11) is 0. The number of carbonyl (C=O) groups excluding carboxylic acids is 2. The number of halogens is 2. The number of allylic oxidation sites excluding steroid dienone is 3. The van der Waals surface area contributed by atoms with E-state index < -0.39 is 12.2 Å². The highest BCUT2D eigenvalue weighted by atomic mass is 128. The maximum absolute atomic E-state index is 11.8. The van der Waals surface area contributed by atoms with Crippen LogP contribution >= 0.6 is 37.2 Å². The van der Waals surface area contributed by atoms with E-state index in [4.69, 9.17) is 4.74 Å². The van der Waals surface area contributed by atoms with Crippen LogP contribution in [0.2, 0.25) is 0 Å². The summed E-state index contributed by atoms with van der Waals surface area (Å²) in [6, 6.07) is 0. The molecule has 0 bridgehead atoms. The van der Waals surface area contributed by atoms with Gasteiger partial charge in [-0.25, -0.2) is 0 Å². The molecule has 0 amide bonds. The molecular weight excluding hydrogens is 586 g/mol. The number of ketones is 1. The molecular formula is C21H30I2O5. The number of ether oxygens (including phenoxy) is 1. The lowest BCUT2D eigenvalue weighted by molar-refractivity contribution is -0.160. The van der Waals surface area contributed by atoms with Crippen molar-refractivity contribution < 1.29 is 24.5 Å². The average molecular weight is 616 g/mol. The van der Waals surface area contributed by atoms with Crippen molar-refractivity contribution in [3.8, 4) is 0 Å². The smallest absolute Gasteiger partial charge is 0.308 e. The molecule has 158 valence electrons. The van der Waals surface area contributed by atoms with Crippen LogP contribution in [0, 0.1) is 23.7 Å². The molecule has 7 atom stereocenters. The van der Waals surface area contributed by atoms with Crippen molar-refractivity contribution >= 4 is 49.0 Å². The number of rotatable bonds is 5. The number of Topliss-reactive ketones (excluding diaryl/α,β-unsaturated/α-hetero) is 1. The largest absolute Gasteiger partial charge is 0.462 e. The molecule has 7 unspecified atom stereocenters. The molecule has 0 saturated carbocycles. The highest BCUT2D eigenvalue weighted by Crippen LogP contribution is 2.46. The van der Waals surface area contributed by atoms with Crippen LogP contribution in [0.3, 0.4) is 0 Å². The molecule has 3 rings (SSSR count). The maximum Gasteiger partial charge on any atom is 0.308 e. The topological polar surface area (TPSA) is 83.8 Å². The van der Waals surface area contributed by atoms with E-state index in [2.05, 4.69) is 56.3 Å². The third-order valence-electron chi connectivity index (χ3n) is 6.16. The van der Waals surface area contributed by atoms with Crippen molar-refractivity contribution in [2.24, 2.45) is 23.7 Å². The maximum atomic E-state index is 11.8. The van der Waals surface area contributed by atoms with Crippen molar-refractivity contribution in [3.05, 3.63) is 23.8 Å². The molecule has 3 aliphatic rings. The zero-order valence-corrected chi connectivity index (χ0v) is 20.7. The van der Waals surface area contributed by atoms with Crippen LogP contribution in [-0.4, -0.2) is 40.3 Å². The SMILES string of the molecule is CC(=O)CC1CC(O)C=C2C=CC(C)C(CCC3CC(O)CC(=O)O3)C21.II. The summed E-state index contributed by atoms with van der Waals surface area (Å²) < 4.78 is 5.40. The van der Waals surface area contributed by atoms with Gasteiger partial charge in [0.15, 0.2) is 0 Å². The van der Waals surface area contributed by atoms with Crippen LogP contribution in [0.25, 0.3) is 0 Å². The lowest BCUT2D eigenvalue weighted by atomic mass is 9.62. The average Bonchev–Trinajstić information content (AvgIpc) is 2.61. The number of esters is 1. The molecule has 1 aliphatic heterocycles. The summed E-state index contributed by atoms with van der Waals surface area (Å²) in [5.41, 5.74) is 1.14. The number of hydrogen-bond donors (Lipinski definition) is 2. The van der Waals surface area contributed by atoms with Gasteiger partial charge in [0.05, 0.1) is 18.6 Å². The number of carbonyl (C=O) groups is 2. The minimum atomic E-state index is -0.601. The third kappa shape index (κ3) is 6.50. The Bertz CT molecular complexity index is 618. The van der Waals surface area contributed by atoms with Gasteiger partial charge >= 0.3 is 5.97 Å². The molecule has 1 saturated heterocycles. The van der Waals surface area contributed by atoms with E-state index >= 15 is 0 Å². The van der Waals surface area contributed by atoms with Gasteiger partial charge in [0.25, 0.3) is 0 Å². The fraction of sp³-hybridized carbons (Fsp3) is 0.714. The second-order valence-corrected chi connectivity index (χ2v) is 8.33. The Labute approximate surface area is 190 Å². The molecule has 0 spiro atoms. The van der Waals surface area contributed by atoms with Crippen LogP contribution in [0.4, 0.5) is 0 Å². The molecule has 0 radical (unpaired) electrons. The molecule has 28 heavy (non-hydrogen) atoms. The summed E-state index contributed by atoms with van der Waals surface area (Å²) in [5.74, 6) is 0.966. The second-order valence-electron chi connectivity index (χ2n) is 8.33. The Hall–Kier alpha value is 0. The number of aliphatic hydroxyl groups excluding tert-OH is 2. The molecule has 0 aromatic carbocycles. The van der Waals surface area contributed by atoms with Gasteiger partial charge in [0.2, 0.25) is 0 Å². The van der Waals surface area contributed by atoms with Crippen LogP contribution < -0.4 is 0 Å². The zero-order valence-electron chi connectivity index (χ0n) is 16.4. The van der Waals surface area contributed by atoms with Crippen molar-refractivity contribution in [1.29, 1.82) is 0 Å². The molecule has 1 fully saturated rings. The van der Waals surface area contributed by atoms with E-state index in [1.54, 1.807) is 6.92 Å². The van der Waals surface area contributed by atoms with E-state index in [1.807, 2.05) is 6.08 Å². The first-order valence-corrected chi connectivity index (χ1v) is 16.2. The minimum Gasteiger partial charge on any atom is -0.462 e. The van der Waals surface area contributed by atoms with Crippen LogP contribution in [0.5, 0.6) is 0 Å². The van der Waals surface area contributed by atoms with E-state index in [9.17, 15) is 19.8 Å². The Kier molecular flexibility index (Phi) is 9.89. The van der Waals surface area contributed by atoms with E-state index in [1.165, 1.54) is 0 Å². The fourth-order valence-corrected chi connectivity index (χ4v) is 5.06. The van der Waals surface area contributed by atoms with Crippen molar-refractivity contribution in [2.45, 2.75) is 70.7 Å². The van der Waals surface area contributed by atoms with Gasteiger partial charge in [-0.05, 0) is 55.4 Å². The lowest BCUT2D eigenvalue weighted by Crippen LogP contribution is -2.38. The van der Waals surface area contributed by atoms with Crippen molar-refractivity contribution in [2.75, 3.05) is 0 Å². The Morgan fingerprint density at radius 1 is 1.25 bits per heavy atom. The predicted octanol–water partition coefficient (Wildman–Crippen LogP) is 4.33. The molecule has 0 aromatic heterocycles. The first-order chi connectivity index (χ1) is 13.3. The number of fused-ring (bicyclic) bond motifs is 1. The third-order valence-corrected chi connectivity index (χ3v) is 6.16. The van der Waals surface area contributed by atoms with Gasteiger partial charge in [-0.2, -0.15) is 0 Å². The lowest BCUT2D eigenvalue weighted by Gasteiger charge is -2.43. The highest BCUT2D eigenvalue weighted by Gasteiger charge is 2.40. The highest BCUT2D eigenvalue weighted by molar-refractivity contribution is 15.0. The molecule has 2 N–H and O–H groups in total. The number of cyclic esters (lactones) is 1. The van der Waals surface area contributed by atoms with E-state index in [-0.39, 0.29) is 36.1 Å². The molecule has 5 nitrogen and oxygen atoms in total. The quantitative estimate of drug-likeness (QED) is 0.355. The van der Waals surface area contributed by atoms with Crippen LogP contribution in [0.15, 0.2) is 23.8 Å². The standard InChI is InChI=1S/C21H30O5.I2/c1-12-3-4-14-8-16(23)9-15(7-13(2)22)21(14)19(12)6-5-18-10-17(24)11-20(25)26-18;1-2/h3-4,8,12,15-19,21,23-24H,5-7,9-11H2,1-2H3;. The van der Waals surface area contributed by atoms with Crippen molar-refractivity contribution in [3.63, 3.8) is 0 Å². The van der Waals surface area contributed by atoms with Gasteiger partial charge in [0.1, 0.15) is 11.9 Å². The van der Waals surface area contributed by atoms with E-state index in [0.717, 1.165) is 18.4 Å². The Balaban J connectivity index is 0.00000136. The monoisotopic (exact) mass is 616 g/mol. The van der Waals surface area contributed by atoms with Gasteiger partial charge in [-0.15, -0.1) is 0 Å². The molecule has 7 heteroatoms. The second kappa shape index (κ2) is 11.4. The summed E-state index contributed by atoms with van der Waals surface area (Å²) in [5, 5.41) is 20.0. The van der Waals surface area contributed by atoms with Crippen LogP contribution in [-0.2, 0) is 14.3 Å². The number of hydrogen-bond acceptors (Lipinski definition) is 5. The summed E-state index contributed by atoms with van der Waals surface area (Å²) in [4.78, 5) is 23.3. The van der Waals surface area contributed by atoms with Gasteiger partial charge in [0, 0.05) is 50.1 Å². The summed E-state index contributed by atoms with van der Waals surface area (Å²) in [6.07, 6.45) is 8.22. The van der Waals surface area contributed by atoms with Crippen LogP contribution in [0.1, 0.15) is 52.4 Å². The van der Waals surface area contributed by atoms with Crippen molar-refractivity contribution in [1.82, 2.24) is 0 Å². The zero-order chi connectivity index (χ0) is 20.8.